The van der Waals surface area contributed by atoms with Crippen LogP contribution in [-0.4, -0.2) is 27.7 Å². The molecule has 18 heavy (non-hydrogen) atoms. The average molecular weight is 261 g/mol. The number of fused-ring (bicyclic) bond motifs is 1. The highest BCUT2D eigenvalue weighted by Crippen LogP contribution is 2.20. The van der Waals surface area contributed by atoms with Crippen molar-refractivity contribution in [3.05, 3.63) is 41.6 Å². The van der Waals surface area contributed by atoms with Crippen LogP contribution in [0.15, 0.2) is 34.2 Å². The normalized spacial score (nSPS) is 15.6. The largest absolute Gasteiger partial charge is 0.468 e. The minimum Gasteiger partial charge on any atom is -0.468 e. The second-order valence-corrected chi connectivity index (χ2v) is 5.14. The Hall–Kier alpha value is -1.33. The lowest BCUT2D eigenvalue weighted by atomic mass is 10.1. The molecular formula is C13H15N3OS. The smallest absolute Gasteiger partial charge is 0.187 e. The zero-order valence-corrected chi connectivity index (χ0v) is 11.1. The van der Waals surface area contributed by atoms with E-state index >= 15 is 0 Å². The molecule has 0 fully saturated rings. The van der Waals surface area contributed by atoms with Crippen molar-refractivity contribution >= 4 is 11.8 Å². The fourth-order valence-corrected chi connectivity index (χ4v) is 2.57. The Morgan fingerprint density at radius 2 is 2.44 bits per heavy atom. The molecule has 2 aromatic rings. The van der Waals surface area contributed by atoms with Crippen LogP contribution >= 0.6 is 11.8 Å². The molecule has 0 radical (unpaired) electrons. The highest BCUT2D eigenvalue weighted by atomic mass is 32.2. The van der Waals surface area contributed by atoms with Gasteiger partial charge >= 0.3 is 0 Å². The molecule has 0 amide bonds. The monoisotopic (exact) mass is 261 g/mol. The maximum atomic E-state index is 5.38. The molecule has 5 heteroatoms. The third-order valence-electron chi connectivity index (χ3n) is 3.13. The van der Waals surface area contributed by atoms with E-state index in [0.717, 1.165) is 37.0 Å². The van der Waals surface area contributed by atoms with E-state index in [4.69, 9.17) is 4.42 Å². The molecule has 3 rings (SSSR count). The molecule has 0 spiro atoms. The van der Waals surface area contributed by atoms with Crippen molar-refractivity contribution in [3.8, 4) is 0 Å². The summed E-state index contributed by atoms with van der Waals surface area (Å²) in [6, 6.07) is 3.95. The van der Waals surface area contributed by atoms with Gasteiger partial charge in [-0.05, 0) is 18.4 Å². The van der Waals surface area contributed by atoms with Gasteiger partial charge in [0, 0.05) is 31.3 Å². The molecule has 0 aromatic carbocycles. The van der Waals surface area contributed by atoms with Gasteiger partial charge in [0.05, 0.1) is 18.5 Å². The topological polar surface area (TPSA) is 42.2 Å². The van der Waals surface area contributed by atoms with E-state index < -0.39 is 0 Å². The predicted molar refractivity (Wildman–Crippen MR) is 70.3 cm³/mol. The van der Waals surface area contributed by atoms with Gasteiger partial charge in [0.1, 0.15) is 5.76 Å². The summed E-state index contributed by atoms with van der Waals surface area (Å²) in [6.45, 7) is 2.79. The Kier molecular flexibility index (Phi) is 3.34. The van der Waals surface area contributed by atoms with E-state index in [1.54, 1.807) is 18.0 Å². The number of hydrogen-bond acceptors (Lipinski definition) is 5. The number of aromatic nitrogens is 2. The molecule has 2 aromatic heterocycles. The van der Waals surface area contributed by atoms with Gasteiger partial charge in [-0.15, -0.1) is 0 Å². The molecule has 1 aliphatic rings. The van der Waals surface area contributed by atoms with E-state index in [1.807, 2.05) is 24.6 Å². The first-order valence-electron chi connectivity index (χ1n) is 5.98. The lowest BCUT2D eigenvalue weighted by Crippen LogP contribution is -2.30. The summed E-state index contributed by atoms with van der Waals surface area (Å²) in [5, 5.41) is 0.869. The SMILES string of the molecule is CSc1ncc2c(n1)CCN(Cc1ccco1)C2. The zero-order valence-electron chi connectivity index (χ0n) is 10.3. The Morgan fingerprint density at radius 3 is 3.22 bits per heavy atom. The summed E-state index contributed by atoms with van der Waals surface area (Å²) in [5.74, 6) is 1.01. The van der Waals surface area contributed by atoms with E-state index in [2.05, 4.69) is 14.9 Å². The maximum absolute atomic E-state index is 5.38. The Bertz CT molecular complexity index is 527. The lowest BCUT2D eigenvalue weighted by Gasteiger charge is -2.27. The summed E-state index contributed by atoms with van der Waals surface area (Å²) in [5.41, 5.74) is 2.44. The molecule has 3 heterocycles. The van der Waals surface area contributed by atoms with Gasteiger partial charge in [-0.2, -0.15) is 0 Å². The van der Waals surface area contributed by atoms with Crippen LogP contribution in [-0.2, 0) is 19.5 Å². The van der Waals surface area contributed by atoms with Gasteiger partial charge < -0.3 is 4.42 Å². The standard InChI is InChI=1S/C13H15N3OS/c1-18-13-14-7-10-8-16(5-4-12(10)15-13)9-11-3-2-6-17-11/h2-3,6-7H,4-5,8-9H2,1H3. The number of thioether (sulfide) groups is 1. The van der Waals surface area contributed by atoms with Crippen molar-refractivity contribution in [3.63, 3.8) is 0 Å². The van der Waals surface area contributed by atoms with E-state index in [1.165, 1.54) is 11.3 Å². The molecular weight excluding hydrogens is 246 g/mol. The van der Waals surface area contributed by atoms with Gasteiger partial charge in [-0.25, -0.2) is 9.97 Å². The van der Waals surface area contributed by atoms with Gasteiger partial charge in [0.15, 0.2) is 5.16 Å². The van der Waals surface area contributed by atoms with Crippen LogP contribution < -0.4 is 0 Å². The van der Waals surface area contributed by atoms with E-state index in [9.17, 15) is 0 Å². The van der Waals surface area contributed by atoms with E-state index in [0.29, 0.717) is 0 Å². The van der Waals surface area contributed by atoms with Crippen LogP contribution in [0.4, 0.5) is 0 Å². The predicted octanol–water partition coefficient (Wildman–Crippen LogP) is 2.35. The van der Waals surface area contributed by atoms with Gasteiger partial charge in [0.25, 0.3) is 0 Å². The van der Waals surface area contributed by atoms with Crippen LogP contribution in [0.1, 0.15) is 17.0 Å². The minimum absolute atomic E-state index is 0.858. The summed E-state index contributed by atoms with van der Waals surface area (Å²) in [4.78, 5) is 11.3. The van der Waals surface area contributed by atoms with Crippen LogP contribution in [0.5, 0.6) is 0 Å². The zero-order chi connectivity index (χ0) is 12.4. The van der Waals surface area contributed by atoms with Crippen LogP contribution in [0.3, 0.4) is 0 Å². The third kappa shape index (κ3) is 2.42. The molecule has 94 valence electrons. The number of nitrogens with zero attached hydrogens (tertiary/aromatic N) is 3. The molecule has 4 nitrogen and oxygen atoms in total. The molecule has 0 N–H and O–H groups in total. The Morgan fingerprint density at radius 1 is 1.50 bits per heavy atom. The third-order valence-corrected chi connectivity index (χ3v) is 3.69. The molecule has 0 saturated heterocycles. The summed E-state index contributed by atoms with van der Waals surface area (Å²) >= 11 is 1.60. The first kappa shape index (κ1) is 11.7. The molecule has 0 atom stereocenters. The number of rotatable bonds is 3. The van der Waals surface area contributed by atoms with Crippen molar-refractivity contribution < 1.29 is 4.42 Å². The summed E-state index contributed by atoms with van der Waals surface area (Å²) in [7, 11) is 0. The minimum atomic E-state index is 0.858. The van der Waals surface area contributed by atoms with Crippen LogP contribution in [0.2, 0.25) is 0 Å². The van der Waals surface area contributed by atoms with Crippen LogP contribution in [0, 0.1) is 0 Å². The van der Waals surface area contributed by atoms with Crippen molar-refractivity contribution in [1.29, 1.82) is 0 Å². The van der Waals surface area contributed by atoms with Crippen LogP contribution in [0.25, 0.3) is 0 Å². The molecule has 1 aliphatic heterocycles. The summed E-state index contributed by atoms with van der Waals surface area (Å²) in [6.07, 6.45) is 6.68. The first-order chi connectivity index (χ1) is 8.85. The second kappa shape index (κ2) is 5.12. The maximum Gasteiger partial charge on any atom is 0.187 e. The van der Waals surface area contributed by atoms with Crippen molar-refractivity contribution in [1.82, 2.24) is 14.9 Å². The van der Waals surface area contributed by atoms with E-state index in [-0.39, 0.29) is 0 Å². The fourth-order valence-electron chi connectivity index (χ4n) is 2.21. The van der Waals surface area contributed by atoms with Crippen molar-refractivity contribution in [2.24, 2.45) is 0 Å². The fraction of sp³-hybridized carbons (Fsp3) is 0.385. The number of furan rings is 1. The number of hydrogen-bond donors (Lipinski definition) is 0. The Balaban J connectivity index is 1.73. The van der Waals surface area contributed by atoms with Crippen molar-refractivity contribution in [2.75, 3.05) is 12.8 Å². The molecule has 0 aliphatic carbocycles. The van der Waals surface area contributed by atoms with Gasteiger partial charge in [-0.3, -0.25) is 4.90 Å². The van der Waals surface area contributed by atoms with Crippen molar-refractivity contribution in [2.45, 2.75) is 24.7 Å². The quantitative estimate of drug-likeness (QED) is 0.626. The highest BCUT2D eigenvalue weighted by molar-refractivity contribution is 7.98. The molecule has 0 saturated carbocycles. The second-order valence-electron chi connectivity index (χ2n) is 4.37. The highest BCUT2D eigenvalue weighted by Gasteiger charge is 2.18. The average Bonchev–Trinajstić information content (AvgIpc) is 2.91. The lowest BCUT2D eigenvalue weighted by molar-refractivity contribution is 0.223. The Labute approximate surface area is 110 Å². The first-order valence-corrected chi connectivity index (χ1v) is 7.21. The summed E-state index contributed by atoms with van der Waals surface area (Å²) < 4.78 is 5.38. The molecule has 0 unspecified atom stereocenters. The van der Waals surface area contributed by atoms with Gasteiger partial charge in [0.2, 0.25) is 0 Å². The van der Waals surface area contributed by atoms with Gasteiger partial charge in [-0.1, -0.05) is 11.8 Å². The molecule has 0 bridgehead atoms.